The predicted molar refractivity (Wildman–Crippen MR) is 130 cm³/mol. The second kappa shape index (κ2) is 9.82. The summed E-state index contributed by atoms with van der Waals surface area (Å²) in [5.74, 6) is 0.723. The highest BCUT2D eigenvalue weighted by molar-refractivity contribution is 5.94. The van der Waals surface area contributed by atoms with Gasteiger partial charge in [-0.15, -0.1) is 0 Å². The van der Waals surface area contributed by atoms with E-state index in [1.165, 1.54) is 23.3 Å². The third-order valence-electron chi connectivity index (χ3n) is 7.53. The van der Waals surface area contributed by atoms with Crippen molar-refractivity contribution in [2.24, 2.45) is 0 Å². The molecular formula is C27H34F3N3O2. The molecule has 3 atom stereocenters. The Kier molecular flexibility index (Phi) is 7.16. The van der Waals surface area contributed by atoms with E-state index in [0.717, 1.165) is 43.0 Å². The fraction of sp³-hybridized carbons (Fsp3) is 0.519. The van der Waals surface area contributed by atoms with E-state index in [-0.39, 0.29) is 24.0 Å². The first-order valence-corrected chi connectivity index (χ1v) is 12.1. The number of halogens is 3. The molecule has 0 aromatic heterocycles. The van der Waals surface area contributed by atoms with Gasteiger partial charge in [0.05, 0.1) is 5.56 Å². The Balaban J connectivity index is 1.41. The number of alkyl halides is 3. The lowest BCUT2D eigenvalue weighted by molar-refractivity contribution is -0.137. The molecule has 0 spiro atoms. The molecule has 2 unspecified atom stereocenters. The molecule has 2 aromatic carbocycles. The Hall–Kier alpha value is -2.58. The topological polar surface area (TPSA) is 36.0 Å². The number of hydrogen-bond acceptors (Lipinski definition) is 4. The van der Waals surface area contributed by atoms with E-state index in [0.29, 0.717) is 18.7 Å². The molecule has 2 saturated heterocycles. The smallest absolute Gasteiger partial charge is 0.416 e. The van der Waals surface area contributed by atoms with Crippen molar-refractivity contribution < 1.29 is 22.7 Å². The number of hydrogen-bond donors (Lipinski definition) is 0. The Bertz CT molecular complexity index is 1070. The average Bonchev–Trinajstić information content (AvgIpc) is 3.41. The lowest BCUT2D eigenvalue weighted by atomic mass is 9.96. The first-order valence-electron chi connectivity index (χ1n) is 12.1. The number of carbonyl (C=O) groups is 1. The summed E-state index contributed by atoms with van der Waals surface area (Å²) in [5.41, 5.74) is 3.20. The van der Waals surface area contributed by atoms with Crippen LogP contribution in [0.2, 0.25) is 0 Å². The second-order valence-electron chi connectivity index (χ2n) is 10.0. The minimum absolute atomic E-state index is 0.0762. The van der Waals surface area contributed by atoms with E-state index in [1.807, 2.05) is 19.0 Å². The van der Waals surface area contributed by atoms with Crippen LogP contribution in [-0.2, 0) is 6.18 Å². The molecule has 35 heavy (non-hydrogen) atoms. The van der Waals surface area contributed by atoms with E-state index in [4.69, 9.17) is 4.74 Å². The molecule has 5 nitrogen and oxygen atoms in total. The molecule has 2 heterocycles. The summed E-state index contributed by atoms with van der Waals surface area (Å²) in [6, 6.07) is 9.24. The molecule has 2 fully saturated rings. The monoisotopic (exact) mass is 489 g/mol. The van der Waals surface area contributed by atoms with Crippen LogP contribution in [-0.4, -0.2) is 73.0 Å². The highest BCUT2D eigenvalue weighted by Crippen LogP contribution is 2.39. The molecule has 2 aliphatic heterocycles. The fourth-order valence-electron chi connectivity index (χ4n) is 5.33. The van der Waals surface area contributed by atoms with Crippen LogP contribution in [0.5, 0.6) is 5.75 Å². The number of fused-ring (bicyclic) bond motifs is 2. The summed E-state index contributed by atoms with van der Waals surface area (Å²) in [4.78, 5) is 19.4. The molecule has 0 saturated carbocycles. The molecule has 8 heteroatoms. The van der Waals surface area contributed by atoms with E-state index < -0.39 is 11.7 Å². The molecule has 0 radical (unpaired) electrons. The normalized spacial score (nSPS) is 21.1. The summed E-state index contributed by atoms with van der Waals surface area (Å²) >= 11 is 0. The standard InChI is InChI=1S/C27H34F3N3O2/c1-17-18(2)25(35-13-12-31(4)5)11-10-24(17)19(3)32-15-23-14-22(32)16-33(23)26(34)20-6-8-21(9-7-20)27(28,29)30/h6-11,19,22-23H,12-16H2,1-5H3/t19-,22?,23?/m0/s1. The number of benzene rings is 2. The van der Waals surface area contributed by atoms with Crippen LogP contribution < -0.4 is 4.74 Å². The Labute approximate surface area is 205 Å². The molecule has 4 rings (SSSR count). The summed E-state index contributed by atoms with van der Waals surface area (Å²) in [7, 11) is 4.04. The highest BCUT2D eigenvalue weighted by Gasteiger charge is 2.47. The van der Waals surface area contributed by atoms with Gasteiger partial charge in [0, 0.05) is 43.3 Å². The van der Waals surface area contributed by atoms with Gasteiger partial charge in [0.25, 0.3) is 5.91 Å². The molecule has 190 valence electrons. The Morgan fingerprint density at radius 3 is 2.31 bits per heavy atom. The van der Waals surface area contributed by atoms with Crippen molar-refractivity contribution in [2.75, 3.05) is 40.3 Å². The fourth-order valence-corrected chi connectivity index (χ4v) is 5.33. The first kappa shape index (κ1) is 25.5. The van der Waals surface area contributed by atoms with Crippen molar-refractivity contribution in [1.82, 2.24) is 14.7 Å². The van der Waals surface area contributed by atoms with Gasteiger partial charge < -0.3 is 14.5 Å². The highest BCUT2D eigenvalue weighted by atomic mass is 19.4. The van der Waals surface area contributed by atoms with Gasteiger partial charge in [0.15, 0.2) is 0 Å². The largest absolute Gasteiger partial charge is 0.492 e. The zero-order chi connectivity index (χ0) is 25.5. The number of likely N-dealkylation sites (N-methyl/N-ethyl adjacent to an activating group) is 1. The number of carbonyl (C=O) groups excluding carboxylic acids is 1. The van der Waals surface area contributed by atoms with E-state index in [9.17, 15) is 18.0 Å². The summed E-state index contributed by atoms with van der Waals surface area (Å²) in [6.45, 7) is 9.29. The van der Waals surface area contributed by atoms with Gasteiger partial charge in [-0.3, -0.25) is 9.69 Å². The van der Waals surface area contributed by atoms with Crippen LogP contribution in [0.15, 0.2) is 36.4 Å². The molecule has 1 amide bonds. The van der Waals surface area contributed by atoms with Crippen molar-refractivity contribution in [2.45, 2.75) is 51.5 Å². The maximum absolute atomic E-state index is 13.0. The number of rotatable bonds is 7. The first-order chi connectivity index (χ1) is 16.5. The molecule has 0 N–H and O–H groups in total. The van der Waals surface area contributed by atoms with Crippen LogP contribution in [0.3, 0.4) is 0 Å². The predicted octanol–water partition coefficient (Wildman–Crippen LogP) is 4.92. The van der Waals surface area contributed by atoms with Gasteiger partial charge in [0.2, 0.25) is 0 Å². The van der Waals surface area contributed by atoms with Crippen LogP contribution >= 0.6 is 0 Å². The van der Waals surface area contributed by atoms with Gasteiger partial charge in [-0.05, 0) is 88.3 Å². The minimum atomic E-state index is -4.40. The maximum Gasteiger partial charge on any atom is 0.416 e. The van der Waals surface area contributed by atoms with Crippen LogP contribution in [0.4, 0.5) is 13.2 Å². The van der Waals surface area contributed by atoms with Crippen molar-refractivity contribution in [1.29, 1.82) is 0 Å². The maximum atomic E-state index is 13.0. The van der Waals surface area contributed by atoms with Gasteiger partial charge in [-0.1, -0.05) is 6.07 Å². The zero-order valence-electron chi connectivity index (χ0n) is 21.0. The van der Waals surface area contributed by atoms with Gasteiger partial charge >= 0.3 is 6.18 Å². The van der Waals surface area contributed by atoms with Gasteiger partial charge in [-0.2, -0.15) is 13.2 Å². The van der Waals surface area contributed by atoms with Gasteiger partial charge in [-0.25, -0.2) is 0 Å². The van der Waals surface area contributed by atoms with Crippen molar-refractivity contribution in [3.05, 3.63) is 64.2 Å². The summed E-state index contributed by atoms with van der Waals surface area (Å²) < 4.78 is 44.5. The third-order valence-corrected chi connectivity index (χ3v) is 7.53. The molecule has 0 aliphatic carbocycles. The number of nitrogens with zero attached hydrogens (tertiary/aromatic N) is 3. The van der Waals surface area contributed by atoms with E-state index in [2.05, 4.69) is 42.7 Å². The van der Waals surface area contributed by atoms with E-state index >= 15 is 0 Å². The number of likely N-dealkylation sites (tertiary alicyclic amines) is 2. The van der Waals surface area contributed by atoms with Crippen LogP contribution in [0.1, 0.15) is 52.0 Å². The second-order valence-corrected chi connectivity index (χ2v) is 10.0. The lowest BCUT2D eigenvalue weighted by Gasteiger charge is -2.38. The van der Waals surface area contributed by atoms with Crippen molar-refractivity contribution in [3.63, 3.8) is 0 Å². The Morgan fingerprint density at radius 1 is 1.06 bits per heavy atom. The Morgan fingerprint density at radius 2 is 1.74 bits per heavy atom. The van der Waals surface area contributed by atoms with Crippen LogP contribution in [0.25, 0.3) is 0 Å². The van der Waals surface area contributed by atoms with Crippen molar-refractivity contribution in [3.8, 4) is 5.75 Å². The molecule has 2 aliphatic rings. The summed E-state index contributed by atoms with van der Waals surface area (Å²) in [5, 5.41) is 0. The SMILES string of the molecule is Cc1c(OCCN(C)C)ccc([C@H](C)N2CC3CC2CN3C(=O)c2ccc(C(F)(F)F)cc2)c1C. The van der Waals surface area contributed by atoms with Gasteiger partial charge in [0.1, 0.15) is 12.4 Å². The average molecular weight is 490 g/mol. The third kappa shape index (κ3) is 5.19. The zero-order valence-corrected chi connectivity index (χ0v) is 21.0. The number of piperazine rings is 1. The molecular weight excluding hydrogens is 455 g/mol. The quantitative estimate of drug-likeness (QED) is 0.553. The molecule has 2 aromatic rings. The van der Waals surface area contributed by atoms with E-state index in [1.54, 1.807) is 0 Å². The molecule has 2 bridgehead atoms. The van der Waals surface area contributed by atoms with Crippen molar-refractivity contribution >= 4 is 5.91 Å². The van der Waals surface area contributed by atoms with Crippen LogP contribution in [0, 0.1) is 13.8 Å². The minimum Gasteiger partial charge on any atom is -0.492 e. The summed E-state index contributed by atoms with van der Waals surface area (Å²) in [6.07, 6.45) is -3.52. The number of amides is 1. The lowest BCUT2D eigenvalue weighted by Crippen LogP contribution is -2.49. The number of ether oxygens (including phenoxy) is 1.